The van der Waals surface area contributed by atoms with E-state index in [2.05, 4.69) is 4.98 Å². The maximum Gasteiger partial charge on any atom is 0.505 e. The molecule has 7 heteroatoms. The number of rotatable bonds is 2. The smallest absolute Gasteiger partial charge is 0.422 e. The number of aromatic amines is 1. The zero-order chi connectivity index (χ0) is 11.0. The van der Waals surface area contributed by atoms with Crippen LogP contribution in [0.2, 0.25) is 0 Å². The van der Waals surface area contributed by atoms with Crippen LogP contribution < -0.4 is 5.59 Å². The number of hydrogen-bond acceptors (Lipinski definition) is 4. The molecule has 2 rings (SSSR count). The number of nitrogens with zero attached hydrogens (tertiary/aromatic N) is 1. The van der Waals surface area contributed by atoms with Crippen molar-refractivity contribution in [1.82, 2.24) is 4.98 Å². The summed E-state index contributed by atoms with van der Waals surface area (Å²) < 4.78 is 0. The topological polar surface area (TPSA) is 99.4 Å². The Balaban J connectivity index is 2.57. The zero-order valence-electron chi connectivity index (χ0n) is 7.54. The van der Waals surface area contributed by atoms with Gasteiger partial charge in [-0.2, -0.15) is 0 Å². The first-order valence-corrected chi connectivity index (χ1v) is 4.21. The molecule has 0 unspecified atom stereocenters. The molecule has 0 saturated carbocycles. The molecule has 1 aromatic heterocycles. The van der Waals surface area contributed by atoms with Crippen LogP contribution in [0.25, 0.3) is 10.9 Å². The summed E-state index contributed by atoms with van der Waals surface area (Å²) in [5.41, 5.74) is 0.815. The predicted octanol–water partition coefficient (Wildman–Crippen LogP) is -0.244. The van der Waals surface area contributed by atoms with E-state index in [4.69, 9.17) is 10.0 Å². The molecule has 1 aromatic carbocycles. The first-order chi connectivity index (χ1) is 7.08. The van der Waals surface area contributed by atoms with Crippen molar-refractivity contribution >= 4 is 29.3 Å². The van der Waals surface area contributed by atoms with Crippen LogP contribution >= 0.6 is 0 Å². The van der Waals surface area contributed by atoms with Crippen molar-refractivity contribution in [2.75, 3.05) is 0 Å². The molecular formula is C8H7BN2O4. The number of hydrogen-bond donors (Lipinski definition) is 3. The largest absolute Gasteiger partial charge is 0.505 e. The number of aromatic nitrogens is 1. The summed E-state index contributed by atoms with van der Waals surface area (Å²) in [6, 6.07) is 5.72. The van der Waals surface area contributed by atoms with Crippen LogP contribution in [-0.2, 0) is 0 Å². The minimum absolute atomic E-state index is 0.0273. The van der Waals surface area contributed by atoms with E-state index in [0.717, 1.165) is 0 Å². The molecule has 0 bridgehead atoms. The summed E-state index contributed by atoms with van der Waals surface area (Å²) in [7, 11) is -1.60. The predicted molar refractivity (Wildman–Crippen MR) is 54.8 cm³/mol. The number of non-ortho nitro benzene ring substituents is 1. The number of H-pyrrole nitrogens is 1. The average Bonchev–Trinajstić information content (AvgIpc) is 2.59. The normalized spacial score (nSPS) is 10.5. The molecular weight excluding hydrogens is 199 g/mol. The number of benzene rings is 1. The van der Waals surface area contributed by atoms with Gasteiger partial charge in [-0.05, 0) is 12.1 Å². The molecule has 0 radical (unpaired) electrons. The molecule has 6 nitrogen and oxygen atoms in total. The molecule has 0 spiro atoms. The van der Waals surface area contributed by atoms with Crippen molar-refractivity contribution in [3.8, 4) is 0 Å². The third-order valence-corrected chi connectivity index (χ3v) is 2.11. The van der Waals surface area contributed by atoms with Gasteiger partial charge in [0.2, 0.25) is 0 Å². The first-order valence-electron chi connectivity index (χ1n) is 4.21. The van der Waals surface area contributed by atoms with Gasteiger partial charge in [-0.25, -0.2) is 0 Å². The summed E-state index contributed by atoms with van der Waals surface area (Å²) in [5.74, 6) is 0. The fourth-order valence-corrected chi connectivity index (χ4v) is 1.40. The van der Waals surface area contributed by atoms with Crippen LogP contribution in [0.15, 0.2) is 24.3 Å². The SMILES string of the molecule is O=[N+]([O-])c1ccc2[nH]c(B(O)O)cc2c1. The van der Waals surface area contributed by atoms with Gasteiger partial charge in [-0.15, -0.1) is 0 Å². The highest BCUT2D eigenvalue weighted by atomic mass is 16.6. The minimum atomic E-state index is -1.60. The summed E-state index contributed by atoms with van der Waals surface area (Å²) >= 11 is 0. The lowest BCUT2D eigenvalue weighted by Crippen LogP contribution is -2.30. The van der Waals surface area contributed by atoms with Crippen LogP contribution in [0.4, 0.5) is 5.69 Å². The number of nitro benzene ring substituents is 1. The Morgan fingerprint density at radius 1 is 1.33 bits per heavy atom. The average molecular weight is 206 g/mol. The molecule has 0 aliphatic heterocycles. The van der Waals surface area contributed by atoms with Gasteiger partial charge >= 0.3 is 7.12 Å². The maximum atomic E-state index is 10.5. The number of fused-ring (bicyclic) bond motifs is 1. The van der Waals surface area contributed by atoms with Gasteiger partial charge in [0, 0.05) is 28.6 Å². The Morgan fingerprint density at radius 3 is 2.67 bits per heavy atom. The standard InChI is InChI=1S/C8H7BN2O4/c12-9(13)8-4-5-3-6(11(14)15)1-2-7(5)10-8/h1-4,10,12-13H. The molecule has 0 atom stereocenters. The van der Waals surface area contributed by atoms with E-state index in [-0.39, 0.29) is 11.3 Å². The van der Waals surface area contributed by atoms with Crippen LogP contribution in [-0.4, -0.2) is 27.1 Å². The highest BCUT2D eigenvalue weighted by molar-refractivity contribution is 6.58. The van der Waals surface area contributed by atoms with Crippen molar-refractivity contribution in [2.24, 2.45) is 0 Å². The summed E-state index contributed by atoms with van der Waals surface area (Å²) in [4.78, 5) is 12.7. The molecule has 76 valence electrons. The summed E-state index contributed by atoms with van der Waals surface area (Å²) in [6.45, 7) is 0. The highest BCUT2D eigenvalue weighted by Gasteiger charge is 2.15. The van der Waals surface area contributed by atoms with Gasteiger partial charge in [-0.1, -0.05) is 0 Å². The number of nitro groups is 1. The monoisotopic (exact) mass is 206 g/mol. The fourth-order valence-electron chi connectivity index (χ4n) is 1.40. The third-order valence-electron chi connectivity index (χ3n) is 2.11. The molecule has 1 heterocycles. The lowest BCUT2D eigenvalue weighted by atomic mass is 9.86. The number of nitrogens with one attached hydrogen (secondary N) is 1. The molecule has 15 heavy (non-hydrogen) atoms. The Hall–Kier alpha value is -1.86. The molecule has 0 aliphatic rings. The Labute approximate surface area is 84.5 Å². The molecule has 2 aromatic rings. The Morgan fingerprint density at radius 2 is 2.07 bits per heavy atom. The molecule has 3 N–H and O–H groups in total. The van der Waals surface area contributed by atoms with Gasteiger partial charge in [0.25, 0.3) is 5.69 Å². The van der Waals surface area contributed by atoms with E-state index in [1.54, 1.807) is 0 Å². The second kappa shape index (κ2) is 3.37. The van der Waals surface area contributed by atoms with Crippen LogP contribution in [0.1, 0.15) is 0 Å². The van der Waals surface area contributed by atoms with Gasteiger partial charge in [0.05, 0.1) is 4.92 Å². The molecule has 0 saturated heterocycles. The van der Waals surface area contributed by atoms with Gasteiger partial charge in [-0.3, -0.25) is 10.1 Å². The van der Waals surface area contributed by atoms with E-state index >= 15 is 0 Å². The van der Waals surface area contributed by atoms with E-state index < -0.39 is 12.0 Å². The van der Waals surface area contributed by atoms with Crippen LogP contribution in [0, 0.1) is 10.1 Å². The molecule has 0 fully saturated rings. The fraction of sp³-hybridized carbons (Fsp3) is 0. The summed E-state index contributed by atoms with van der Waals surface area (Å²) in [5, 5.41) is 28.8. The van der Waals surface area contributed by atoms with Crippen LogP contribution in [0.5, 0.6) is 0 Å². The second-order valence-electron chi connectivity index (χ2n) is 3.13. The van der Waals surface area contributed by atoms with E-state index in [9.17, 15) is 10.1 Å². The zero-order valence-corrected chi connectivity index (χ0v) is 7.54. The maximum absolute atomic E-state index is 10.5. The first kappa shape index (κ1) is 9.69. The van der Waals surface area contributed by atoms with Gasteiger partial charge < -0.3 is 15.0 Å². The van der Waals surface area contributed by atoms with Crippen molar-refractivity contribution in [1.29, 1.82) is 0 Å². The Bertz CT molecular complexity index is 522. The van der Waals surface area contributed by atoms with Crippen molar-refractivity contribution < 1.29 is 15.0 Å². The molecule has 0 aliphatic carbocycles. The Kier molecular flexibility index (Phi) is 2.18. The van der Waals surface area contributed by atoms with Crippen molar-refractivity contribution in [3.63, 3.8) is 0 Å². The van der Waals surface area contributed by atoms with Crippen molar-refractivity contribution in [3.05, 3.63) is 34.4 Å². The second-order valence-corrected chi connectivity index (χ2v) is 3.13. The van der Waals surface area contributed by atoms with Gasteiger partial charge in [0.15, 0.2) is 0 Å². The van der Waals surface area contributed by atoms with Crippen LogP contribution in [0.3, 0.4) is 0 Å². The van der Waals surface area contributed by atoms with E-state index in [1.165, 1.54) is 24.3 Å². The highest BCUT2D eigenvalue weighted by Crippen LogP contribution is 2.18. The quantitative estimate of drug-likeness (QED) is 0.358. The minimum Gasteiger partial charge on any atom is -0.422 e. The van der Waals surface area contributed by atoms with E-state index in [0.29, 0.717) is 10.9 Å². The lowest BCUT2D eigenvalue weighted by molar-refractivity contribution is -0.384. The summed E-state index contributed by atoms with van der Waals surface area (Å²) in [6.07, 6.45) is 0. The van der Waals surface area contributed by atoms with Crippen molar-refractivity contribution in [2.45, 2.75) is 0 Å². The molecule has 0 amide bonds. The third kappa shape index (κ3) is 1.70. The van der Waals surface area contributed by atoms with E-state index in [1.807, 2.05) is 0 Å². The lowest BCUT2D eigenvalue weighted by Gasteiger charge is -1.91. The van der Waals surface area contributed by atoms with Gasteiger partial charge in [0.1, 0.15) is 0 Å².